The Morgan fingerprint density at radius 2 is 1.81 bits per heavy atom. The number of rotatable bonds is 6. The van der Waals surface area contributed by atoms with Gasteiger partial charge in [0, 0.05) is 30.4 Å². The zero-order valence-corrected chi connectivity index (χ0v) is 16.9. The van der Waals surface area contributed by atoms with E-state index >= 15 is 0 Å². The molecule has 0 aliphatic heterocycles. The van der Waals surface area contributed by atoms with Gasteiger partial charge in [0.25, 0.3) is 0 Å². The Labute approximate surface area is 177 Å². The number of benzene rings is 1. The molecule has 2 heterocycles. The molecule has 0 spiro atoms. The van der Waals surface area contributed by atoms with E-state index in [1.54, 1.807) is 5.38 Å². The monoisotopic (exact) mass is 462 g/mol. The van der Waals surface area contributed by atoms with E-state index in [1.807, 2.05) is 0 Å². The highest BCUT2D eigenvalue weighted by Gasteiger charge is 2.30. The highest BCUT2D eigenvalue weighted by Crippen LogP contribution is 2.31. The van der Waals surface area contributed by atoms with Crippen molar-refractivity contribution in [3.63, 3.8) is 0 Å². The minimum atomic E-state index is -4.43. The predicted molar refractivity (Wildman–Crippen MR) is 101 cm³/mol. The first kappa shape index (κ1) is 22.8. The van der Waals surface area contributed by atoms with Crippen LogP contribution in [0.3, 0.4) is 0 Å². The molecule has 0 N–H and O–H groups in total. The molecule has 0 aliphatic carbocycles. The lowest BCUT2D eigenvalue weighted by molar-refractivity contribution is -0.141. The van der Waals surface area contributed by atoms with E-state index in [4.69, 9.17) is 0 Å². The van der Waals surface area contributed by atoms with Gasteiger partial charge in [-0.25, -0.2) is 9.97 Å². The highest BCUT2D eigenvalue weighted by molar-refractivity contribution is 7.13. The smallest absolute Gasteiger partial charge is 0.338 e. The molecule has 0 atom stereocenters. The molecule has 31 heavy (non-hydrogen) atoms. The van der Waals surface area contributed by atoms with Crippen molar-refractivity contribution in [1.29, 1.82) is 0 Å². The first-order valence-corrected chi connectivity index (χ1v) is 9.73. The summed E-state index contributed by atoms with van der Waals surface area (Å²) in [7, 11) is 1.44. The van der Waals surface area contributed by atoms with Crippen LogP contribution < -0.4 is 0 Å². The van der Waals surface area contributed by atoms with Crippen LogP contribution in [-0.2, 0) is 30.5 Å². The SMILES string of the molecule is CN(Cc1nccn1CC(F)(F)F)C(=O)Cc1csc(-c2ccc(C(F)(F)F)cc2)n1. The zero-order chi connectivity index (χ0) is 22.8. The van der Waals surface area contributed by atoms with Crippen LogP contribution in [0.15, 0.2) is 42.0 Å². The number of nitrogens with zero attached hydrogens (tertiary/aromatic N) is 4. The van der Waals surface area contributed by atoms with Gasteiger partial charge in [0.1, 0.15) is 17.4 Å². The first-order chi connectivity index (χ1) is 14.4. The molecule has 2 aromatic heterocycles. The number of hydrogen-bond donors (Lipinski definition) is 0. The minimum Gasteiger partial charge on any atom is -0.338 e. The number of halogens is 6. The molecule has 0 saturated heterocycles. The molecular weight excluding hydrogens is 446 g/mol. The highest BCUT2D eigenvalue weighted by atomic mass is 32.1. The van der Waals surface area contributed by atoms with E-state index in [2.05, 4.69) is 9.97 Å². The number of thiazole rings is 1. The van der Waals surface area contributed by atoms with Gasteiger partial charge < -0.3 is 9.47 Å². The van der Waals surface area contributed by atoms with E-state index in [0.29, 0.717) is 16.3 Å². The summed E-state index contributed by atoms with van der Waals surface area (Å²) in [6.45, 7) is -1.31. The van der Waals surface area contributed by atoms with Crippen molar-refractivity contribution < 1.29 is 31.1 Å². The second-order valence-electron chi connectivity index (χ2n) is 6.73. The maximum atomic E-state index is 12.7. The van der Waals surface area contributed by atoms with Crippen LogP contribution in [0, 0.1) is 0 Å². The third-order valence-corrected chi connectivity index (χ3v) is 5.24. The van der Waals surface area contributed by atoms with Crippen molar-refractivity contribution in [2.75, 3.05) is 7.05 Å². The summed E-state index contributed by atoms with van der Waals surface area (Å²) in [6.07, 6.45) is -6.52. The standard InChI is InChI=1S/C19H16F6N4OS/c1-28(9-15-26-6-7-29(15)11-18(20,21)22)16(30)8-14-10-31-17(27-14)12-2-4-13(5-3-12)19(23,24)25/h2-7,10H,8-9,11H2,1H3. The Balaban J connectivity index is 1.63. The molecule has 1 aromatic carbocycles. The van der Waals surface area contributed by atoms with Crippen molar-refractivity contribution in [3.05, 3.63) is 59.1 Å². The number of amides is 1. The number of alkyl halides is 6. The zero-order valence-electron chi connectivity index (χ0n) is 16.0. The lowest BCUT2D eigenvalue weighted by atomic mass is 10.1. The van der Waals surface area contributed by atoms with E-state index in [9.17, 15) is 31.1 Å². The number of likely N-dealkylation sites (N-methyl/N-ethyl adjacent to an activating group) is 1. The van der Waals surface area contributed by atoms with E-state index in [0.717, 1.165) is 16.7 Å². The van der Waals surface area contributed by atoms with Gasteiger partial charge in [-0.3, -0.25) is 4.79 Å². The van der Waals surface area contributed by atoms with E-state index < -0.39 is 24.5 Å². The molecule has 12 heteroatoms. The fourth-order valence-electron chi connectivity index (χ4n) is 2.74. The quantitative estimate of drug-likeness (QED) is 0.495. The number of hydrogen-bond acceptors (Lipinski definition) is 4. The summed E-state index contributed by atoms with van der Waals surface area (Å²) in [4.78, 5) is 21.8. The Hall–Kier alpha value is -2.89. The number of aromatic nitrogens is 3. The average molecular weight is 462 g/mol. The lowest BCUT2D eigenvalue weighted by Gasteiger charge is -2.18. The van der Waals surface area contributed by atoms with Gasteiger partial charge in [-0.05, 0) is 12.1 Å². The number of carbonyl (C=O) groups is 1. The second kappa shape index (κ2) is 8.69. The third kappa shape index (κ3) is 6.06. The summed E-state index contributed by atoms with van der Waals surface area (Å²) in [5.41, 5.74) is 0.128. The molecule has 3 rings (SSSR count). The largest absolute Gasteiger partial charge is 0.416 e. The minimum absolute atomic E-state index is 0.0943. The maximum absolute atomic E-state index is 12.7. The van der Waals surface area contributed by atoms with Crippen molar-refractivity contribution in [1.82, 2.24) is 19.4 Å². The molecule has 166 valence electrons. The summed E-state index contributed by atoms with van der Waals surface area (Å²) in [6, 6.07) is 4.52. The average Bonchev–Trinajstić information content (AvgIpc) is 3.29. The van der Waals surface area contributed by atoms with Crippen molar-refractivity contribution >= 4 is 17.2 Å². The van der Waals surface area contributed by atoms with Gasteiger partial charge in [-0.1, -0.05) is 12.1 Å². The fourth-order valence-corrected chi connectivity index (χ4v) is 3.57. The van der Waals surface area contributed by atoms with Gasteiger partial charge in [0.15, 0.2) is 0 Å². The first-order valence-electron chi connectivity index (χ1n) is 8.85. The van der Waals surface area contributed by atoms with Gasteiger partial charge in [-0.2, -0.15) is 26.3 Å². The van der Waals surface area contributed by atoms with E-state index in [1.165, 1.54) is 47.8 Å². The van der Waals surface area contributed by atoms with Crippen LogP contribution in [0.25, 0.3) is 10.6 Å². The van der Waals surface area contributed by atoms with Crippen LogP contribution in [0.1, 0.15) is 17.1 Å². The molecule has 0 saturated carbocycles. The Kier molecular flexibility index (Phi) is 6.39. The van der Waals surface area contributed by atoms with Crippen molar-refractivity contribution in [2.45, 2.75) is 31.9 Å². The predicted octanol–water partition coefficient (Wildman–Crippen LogP) is 4.79. The Morgan fingerprint density at radius 3 is 2.42 bits per heavy atom. The molecule has 5 nitrogen and oxygen atoms in total. The van der Waals surface area contributed by atoms with Crippen molar-refractivity contribution in [3.8, 4) is 10.6 Å². The number of carbonyl (C=O) groups excluding carboxylic acids is 1. The van der Waals surface area contributed by atoms with Gasteiger partial charge in [-0.15, -0.1) is 11.3 Å². The summed E-state index contributed by atoms with van der Waals surface area (Å²) >= 11 is 1.18. The molecule has 0 aliphatic rings. The lowest BCUT2D eigenvalue weighted by Crippen LogP contribution is -2.30. The normalized spacial score (nSPS) is 12.2. The molecule has 0 unspecified atom stereocenters. The molecule has 1 amide bonds. The third-order valence-electron chi connectivity index (χ3n) is 4.30. The molecule has 0 bridgehead atoms. The van der Waals surface area contributed by atoms with Gasteiger partial charge in [0.05, 0.1) is 24.2 Å². The maximum Gasteiger partial charge on any atom is 0.416 e. The van der Waals surface area contributed by atoms with Crippen LogP contribution in [0.2, 0.25) is 0 Å². The van der Waals surface area contributed by atoms with Crippen LogP contribution in [0.4, 0.5) is 26.3 Å². The van der Waals surface area contributed by atoms with Gasteiger partial charge >= 0.3 is 12.4 Å². The molecule has 0 radical (unpaired) electrons. The molecule has 0 fully saturated rings. The topological polar surface area (TPSA) is 51.0 Å². The van der Waals surface area contributed by atoms with Gasteiger partial charge in [0.2, 0.25) is 5.91 Å². The van der Waals surface area contributed by atoms with Crippen molar-refractivity contribution in [2.24, 2.45) is 0 Å². The van der Waals surface area contributed by atoms with E-state index in [-0.39, 0.29) is 24.7 Å². The summed E-state index contributed by atoms with van der Waals surface area (Å²) in [5, 5.41) is 2.07. The van der Waals surface area contributed by atoms with Crippen LogP contribution in [0.5, 0.6) is 0 Å². The summed E-state index contributed by atoms with van der Waals surface area (Å²) in [5.74, 6) is -0.289. The Bertz CT molecular complexity index is 1040. The van der Waals surface area contributed by atoms with Crippen LogP contribution in [-0.4, -0.2) is 38.6 Å². The summed E-state index contributed by atoms with van der Waals surface area (Å²) < 4.78 is 76.8. The number of imidazole rings is 1. The molecular formula is C19H16F6N4OS. The Morgan fingerprint density at radius 1 is 1.13 bits per heavy atom. The second-order valence-corrected chi connectivity index (χ2v) is 7.59. The fraction of sp³-hybridized carbons (Fsp3) is 0.316. The molecule has 3 aromatic rings. The van der Waals surface area contributed by atoms with Crippen LogP contribution >= 0.6 is 11.3 Å².